The highest BCUT2D eigenvalue weighted by atomic mass is 19.1. The standard InChI is InChI=1S/C18H20F2N2O3/c19-14-6-13(7-15(20)9-14)8-16(22-18(24)25)17(23)11-21-10-12-4-2-1-3-5-12/h1-7,9,16-17,21-23H,8,10-11H2,(H,24,25)/t16-,17+/m0/s1. The van der Waals surface area contributed by atoms with Gasteiger partial charge in [0.1, 0.15) is 11.6 Å². The molecule has 0 saturated heterocycles. The third kappa shape index (κ3) is 6.48. The van der Waals surface area contributed by atoms with Gasteiger partial charge in [-0.25, -0.2) is 13.6 Å². The topological polar surface area (TPSA) is 81.6 Å². The molecule has 7 heteroatoms. The van der Waals surface area contributed by atoms with Crippen molar-refractivity contribution >= 4 is 6.09 Å². The monoisotopic (exact) mass is 350 g/mol. The third-order valence-corrected chi connectivity index (χ3v) is 3.68. The number of amides is 1. The van der Waals surface area contributed by atoms with Crippen molar-refractivity contribution in [2.75, 3.05) is 6.54 Å². The van der Waals surface area contributed by atoms with Crippen LogP contribution in [0.2, 0.25) is 0 Å². The Kier molecular flexibility index (Phi) is 6.85. The lowest BCUT2D eigenvalue weighted by Crippen LogP contribution is -2.48. The molecule has 0 bridgehead atoms. The van der Waals surface area contributed by atoms with Crippen molar-refractivity contribution in [1.82, 2.24) is 10.6 Å². The third-order valence-electron chi connectivity index (χ3n) is 3.68. The minimum Gasteiger partial charge on any atom is -0.465 e. The summed E-state index contributed by atoms with van der Waals surface area (Å²) in [4.78, 5) is 10.9. The largest absolute Gasteiger partial charge is 0.465 e. The number of hydrogen-bond acceptors (Lipinski definition) is 3. The van der Waals surface area contributed by atoms with Crippen LogP contribution in [0.1, 0.15) is 11.1 Å². The molecule has 2 rings (SSSR count). The molecule has 134 valence electrons. The second kappa shape index (κ2) is 9.10. The van der Waals surface area contributed by atoms with Crippen LogP contribution in [0.25, 0.3) is 0 Å². The first kappa shape index (κ1) is 18.8. The van der Waals surface area contributed by atoms with Gasteiger partial charge in [0.05, 0.1) is 12.1 Å². The van der Waals surface area contributed by atoms with E-state index in [1.165, 1.54) is 0 Å². The fourth-order valence-electron chi connectivity index (χ4n) is 2.53. The highest BCUT2D eigenvalue weighted by molar-refractivity contribution is 5.65. The first-order valence-electron chi connectivity index (χ1n) is 7.81. The molecule has 0 spiro atoms. The Balaban J connectivity index is 1.96. The molecule has 4 N–H and O–H groups in total. The van der Waals surface area contributed by atoms with Crippen molar-refractivity contribution in [3.05, 3.63) is 71.3 Å². The van der Waals surface area contributed by atoms with Crippen molar-refractivity contribution in [2.24, 2.45) is 0 Å². The number of rotatable bonds is 8. The molecular formula is C18H20F2N2O3. The molecule has 0 aliphatic carbocycles. The maximum atomic E-state index is 13.3. The molecule has 0 fully saturated rings. The summed E-state index contributed by atoms with van der Waals surface area (Å²) >= 11 is 0. The van der Waals surface area contributed by atoms with Crippen molar-refractivity contribution < 1.29 is 23.8 Å². The summed E-state index contributed by atoms with van der Waals surface area (Å²) in [6.07, 6.45) is -2.41. The maximum absolute atomic E-state index is 13.3. The summed E-state index contributed by atoms with van der Waals surface area (Å²) in [5, 5.41) is 24.4. The van der Waals surface area contributed by atoms with E-state index < -0.39 is 29.9 Å². The molecule has 1 amide bonds. The van der Waals surface area contributed by atoms with Crippen LogP contribution in [0.4, 0.5) is 13.6 Å². The van der Waals surface area contributed by atoms with Crippen molar-refractivity contribution in [1.29, 1.82) is 0 Å². The van der Waals surface area contributed by atoms with E-state index in [4.69, 9.17) is 5.11 Å². The Morgan fingerprint density at radius 1 is 1.04 bits per heavy atom. The van der Waals surface area contributed by atoms with Gasteiger partial charge in [0.25, 0.3) is 0 Å². The second-order valence-electron chi connectivity index (χ2n) is 5.72. The summed E-state index contributed by atoms with van der Waals surface area (Å²) in [6, 6.07) is 11.6. The van der Waals surface area contributed by atoms with E-state index in [9.17, 15) is 18.7 Å². The number of aliphatic hydroxyl groups excluding tert-OH is 1. The van der Waals surface area contributed by atoms with E-state index in [0.29, 0.717) is 6.54 Å². The molecule has 0 aliphatic rings. The number of nitrogens with one attached hydrogen (secondary N) is 2. The highest BCUT2D eigenvalue weighted by Gasteiger charge is 2.22. The van der Waals surface area contributed by atoms with Gasteiger partial charge in [-0.2, -0.15) is 0 Å². The van der Waals surface area contributed by atoms with Gasteiger partial charge in [-0.15, -0.1) is 0 Å². The molecule has 0 heterocycles. The summed E-state index contributed by atoms with van der Waals surface area (Å²) in [5.74, 6) is -1.50. The van der Waals surface area contributed by atoms with Gasteiger partial charge in [-0.3, -0.25) is 0 Å². The van der Waals surface area contributed by atoms with Gasteiger partial charge in [0.15, 0.2) is 0 Å². The average Bonchev–Trinajstić information content (AvgIpc) is 2.54. The zero-order valence-corrected chi connectivity index (χ0v) is 13.5. The molecule has 0 radical (unpaired) electrons. The van der Waals surface area contributed by atoms with E-state index in [1.807, 2.05) is 30.3 Å². The molecule has 0 saturated carbocycles. The van der Waals surface area contributed by atoms with E-state index in [2.05, 4.69) is 10.6 Å². The Hall–Kier alpha value is -2.51. The first-order chi connectivity index (χ1) is 11.9. The van der Waals surface area contributed by atoms with Crippen LogP contribution in [0, 0.1) is 11.6 Å². The average molecular weight is 350 g/mol. The lowest BCUT2D eigenvalue weighted by atomic mass is 10.0. The molecular weight excluding hydrogens is 330 g/mol. The highest BCUT2D eigenvalue weighted by Crippen LogP contribution is 2.12. The summed E-state index contributed by atoms with van der Waals surface area (Å²) in [7, 11) is 0. The fourth-order valence-corrected chi connectivity index (χ4v) is 2.53. The quantitative estimate of drug-likeness (QED) is 0.589. The van der Waals surface area contributed by atoms with Crippen molar-refractivity contribution in [3.63, 3.8) is 0 Å². The summed E-state index contributed by atoms with van der Waals surface area (Å²) in [5.41, 5.74) is 1.28. The van der Waals surface area contributed by atoms with Gasteiger partial charge in [0, 0.05) is 19.2 Å². The Labute approximate surface area is 144 Å². The lowest BCUT2D eigenvalue weighted by molar-refractivity contribution is 0.117. The number of aliphatic hydroxyl groups is 1. The van der Waals surface area contributed by atoms with Crippen LogP contribution in [0.3, 0.4) is 0 Å². The molecule has 0 unspecified atom stereocenters. The van der Waals surface area contributed by atoms with Crippen LogP contribution in [-0.2, 0) is 13.0 Å². The molecule has 2 aromatic rings. The Morgan fingerprint density at radius 3 is 2.28 bits per heavy atom. The normalized spacial score (nSPS) is 13.2. The first-order valence-corrected chi connectivity index (χ1v) is 7.81. The number of carbonyl (C=O) groups is 1. The van der Waals surface area contributed by atoms with Crippen LogP contribution in [-0.4, -0.2) is 35.0 Å². The zero-order chi connectivity index (χ0) is 18.2. The molecule has 2 atom stereocenters. The number of benzene rings is 2. The summed E-state index contributed by atoms with van der Waals surface area (Å²) in [6.45, 7) is 0.629. The predicted molar refractivity (Wildman–Crippen MR) is 89.2 cm³/mol. The van der Waals surface area contributed by atoms with Crippen molar-refractivity contribution in [2.45, 2.75) is 25.1 Å². The number of halogens is 2. The SMILES string of the molecule is O=C(O)N[C@@H](Cc1cc(F)cc(F)c1)[C@H](O)CNCc1ccccc1. The summed E-state index contributed by atoms with van der Waals surface area (Å²) < 4.78 is 26.6. The van der Waals surface area contributed by atoms with E-state index >= 15 is 0 Å². The van der Waals surface area contributed by atoms with Crippen molar-refractivity contribution in [3.8, 4) is 0 Å². The van der Waals surface area contributed by atoms with Gasteiger partial charge in [0.2, 0.25) is 0 Å². The van der Waals surface area contributed by atoms with Gasteiger partial charge < -0.3 is 20.8 Å². The lowest BCUT2D eigenvalue weighted by Gasteiger charge is -2.23. The smallest absolute Gasteiger partial charge is 0.404 e. The Bertz CT molecular complexity index is 678. The predicted octanol–water partition coefficient (Wildman–Crippen LogP) is 2.29. The van der Waals surface area contributed by atoms with Crippen LogP contribution >= 0.6 is 0 Å². The van der Waals surface area contributed by atoms with E-state index in [0.717, 1.165) is 23.8 Å². The Morgan fingerprint density at radius 2 is 1.68 bits per heavy atom. The zero-order valence-electron chi connectivity index (χ0n) is 13.5. The second-order valence-corrected chi connectivity index (χ2v) is 5.72. The van der Waals surface area contributed by atoms with Gasteiger partial charge >= 0.3 is 6.09 Å². The van der Waals surface area contributed by atoms with E-state index in [-0.39, 0.29) is 18.5 Å². The minimum absolute atomic E-state index is 0.0326. The fraction of sp³-hybridized carbons (Fsp3) is 0.278. The minimum atomic E-state index is -1.32. The molecule has 25 heavy (non-hydrogen) atoms. The number of hydrogen-bond donors (Lipinski definition) is 4. The molecule has 0 aromatic heterocycles. The van der Waals surface area contributed by atoms with Crippen LogP contribution < -0.4 is 10.6 Å². The van der Waals surface area contributed by atoms with Crippen LogP contribution in [0.5, 0.6) is 0 Å². The van der Waals surface area contributed by atoms with Crippen LogP contribution in [0.15, 0.2) is 48.5 Å². The van der Waals surface area contributed by atoms with E-state index in [1.54, 1.807) is 0 Å². The number of carboxylic acid groups (broad SMARTS) is 1. The molecule has 5 nitrogen and oxygen atoms in total. The molecule has 2 aromatic carbocycles. The van der Waals surface area contributed by atoms with Gasteiger partial charge in [-0.1, -0.05) is 30.3 Å². The maximum Gasteiger partial charge on any atom is 0.404 e. The van der Waals surface area contributed by atoms with Gasteiger partial charge in [-0.05, 0) is 29.7 Å². The molecule has 0 aliphatic heterocycles.